The highest BCUT2D eigenvalue weighted by Gasteiger charge is 2.09. The van der Waals surface area contributed by atoms with E-state index in [1.54, 1.807) is 7.11 Å². The molecule has 2 aromatic carbocycles. The van der Waals surface area contributed by atoms with E-state index in [1.807, 2.05) is 43.3 Å². The summed E-state index contributed by atoms with van der Waals surface area (Å²) in [6.45, 7) is 5.66. The smallest absolute Gasteiger partial charge is 0.122 e. The molecule has 86 valence electrons. The highest BCUT2D eigenvalue weighted by Crippen LogP contribution is 2.35. The van der Waals surface area contributed by atoms with Crippen LogP contribution in [-0.4, -0.2) is 13.8 Å². The predicted molar refractivity (Wildman–Crippen MR) is 72.4 cm³/mol. The SMILES string of the molecule is C=Nc1ccccc1-c1cccc(OC)c1C. The van der Waals surface area contributed by atoms with Crippen LogP contribution in [-0.2, 0) is 0 Å². The summed E-state index contributed by atoms with van der Waals surface area (Å²) in [4.78, 5) is 4.05. The van der Waals surface area contributed by atoms with E-state index in [0.717, 1.165) is 28.1 Å². The Balaban J connectivity index is 2.64. The molecule has 0 N–H and O–H groups in total. The van der Waals surface area contributed by atoms with E-state index in [4.69, 9.17) is 4.74 Å². The molecule has 0 atom stereocenters. The van der Waals surface area contributed by atoms with Crippen molar-refractivity contribution < 1.29 is 4.74 Å². The van der Waals surface area contributed by atoms with E-state index in [9.17, 15) is 0 Å². The number of benzene rings is 2. The molecule has 17 heavy (non-hydrogen) atoms. The molecule has 0 aliphatic heterocycles. The lowest BCUT2D eigenvalue weighted by atomic mass is 9.98. The molecule has 0 aliphatic carbocycles. The first-order valence-corrected chi connectivity index (χ1v) is 5.47. The van der Waals surface area contributed by atoms with Crippen molar-refractivity contribution in [3.8, 4) is 16.9 Å². The van der Waals surface area contributed by atoms with E-state index < -0.39 is 0 Å². The van der Waals surface area contributed by atoms with Crippen LogP contribution in [0.15, 0.2) is 47.5 Å². The fourth-order valence-electron chi connectivity index (χ4n) is 1.97. The molecular formula is C15H15NO. The summed E-state index contributed by atoms with van der Waals surface area (Å²) in [5.74, 6) is 0.890. The van der Waals surface area contributed by atoms with Crippen molar-refractivity contribution in [2.24, 2.45) is 4.99 Å². The number of hydrogen-bond donors (Lipinski definition) is 0. The van der Waals surface area contributed by atoms with E-state index >= 15 is 0 Å². The molecule has 2 aromatic rings. The van der Waals surface area contributed by atoms with Gasteiger partial charge in [-0.15, -0.1) is 0 Å². The summed E-state index contributed by atoms with van der Waals surface area (Å²) < 4.78 is 5.33. The zero-order valence-electron chi connectivity index (χ0n) is 10.1. The van der Waals surface area contributed by atoms with Crippen molar-refractivity contribution >= 4 is 12.4 Å². The van der Waals surface area contributed by atoms with Crippen LogP contribution in [0.25, 0.3) is 11.1 Å². The Hall–Kier alpha value is -2.09. The molecule has 2 rings (SSSR count). The highest BCUT2D eigenvalue weighted by molar-refractivity contribution is 5.80. The maximum atomic E-state index is 5.33. The molecule has 0 aliphatic rings. The zero-order chi connectivity index (χ0) is 12.3. The van der Waals surface area contributed by atoms with Gasteiger partial charge in [0.25, 0.3) is 0 Å². The molecule has 0 radical (unpaired) electrons. The van der Waals surface area contributed by atoms with E-state index in [1.165, 1.54) is 0 Å². The van der Waals surface area contributed by atoms with Gasteiger partial charge in [-0.3, -0.25) is 4.99 Å². The largest absolute Gasteiger partial charge is 0.496 e. The third-order valence-electron chi connectivity index (χ3n) is 2.87. The van der Waals surface area contributed by atoms with Gasteiger partial charge in [0, 0.05) is 5.56 Å². The van der Waals surface area contributed by atoms with Gasteiger partial charge in [-0.25, -0.2) is 0 Å². The van der Waals surface area contributed by atoms with Gasteiger partial charge in [0.1, 0.15) is 5.75 Å². The van der Waals surface area contributed by atoms with Crippen molar-refractivity contribution in [1.82, 2.24) is 0 Å². The molecule has 2 heteroatoms. The third-order valence-corrected chi connectivity index (χ3v) is 2.87. The van der Waals surface area contributed by atoms with Crippen molar-refractivity contribution in [3.63, 3.8) is 0 Å². The molecule has 0 heterocycles. The number of hydrogen-bond acceptors (Lipinski definition) is 2. The summed E-state index contributed by atoms with van der Waals surface area (Å²) in [6, 6.07) is 14.0. The lowest BCUT2D eigenvalue weighted by Gasteiger charge is -2.12. The van der Waals surface area contributed by atoms with Gasteiger partial charge in [0.15, 0.2) is 0 Å². The molecule has 0 aromatic heterocycles. The average molecular weight is 225 g/mol. The zero-order valence-corrected chi connectivity index (χ0v) is 10.1. The topological polar surface area (TPSA) is 21.6 Å². The average Bonchev–Trinajstić information content (AvgIpc) is 2.39. The van der Waals surface area contributed by atoms with Crippen molar-refractivity contribution in [2.75, 3.05) is 7.11 Å². The van der Waals surface area contributed by atoms with Crippen LogP contribution in [0.1, 0.15) is 5.56 Å². The van der Waals surface area contributed by atoms with Crippen LogP contribution in [0.3, 0.4) is 0 Å². The van der Waals surface area contributed by atoms with E-state index in [-0.39, 0.29) is 0 Å². The number of ether oxygens (including phenoxy) is 1. The second-order valence-corrected chi connectivity index (χ2v) is 3.81. The van der Waals surface area contributed by atoms with Gasteiger partial charge in [0.2, 0.25) is 0 Å². The van der Waals surface area contributed by atoms with Gasteiger partial charge < -0.3 is 4.74 Å². The quantitative estimate of drug-likeness (QED) is 0.723. The maximum absolute atomic E-state index is 5.33. The molecule has 0 unspecified atom stereocenters. The summed E-state index contributed by atoms with van der Waals surface area (Å²) >= 11 is 0. The fraction of sp³-hybridized carbons (Fsp3) is 0.133. The van der Waals surface area contributed by atoms with Gasteiger partial charge in [0.05, 0.1) is 12.8 Å². The third kappa shape index (κ3) is 2.07. The Kier molecular flexibility index (Phi) is 3.24. The Bertz CT molecular complexity index is 546. The number of rotatable bonds is 3. The summed E-state index contributed by atoms with van der Waals surface area (Å²) in [6.07, 6.45) is 0. The van der Waals surface area contributed by atoms with Gasteiger partial charge >= 0.3 is 0 Å². The summed E-state index contributed by atoms with van der Waals surface area (Å²) in [5, 5.41) is 0. The molecule has 0 fully saturated rings. The first kappa shape index (κ1) is 11.4. The highest BCUT2D eigenvalue weighted by atomic mass is 16.5. The Morgan fingerprint density at radius 3 is 2.41 bits per heavy atom. The minimum atomic E-state index is 0.890. The second-order valence-electron chi connectivity index (χ2n) is 3.81. The van der Waals surface area contributed by atoms with E-state index in [2.05, 4.69) is 17.8 Å². The summed E-state index contributed by atoms with van der Waals surface area (Å²) in [7, 11) is 1.68. The molecule has 0 spiro atoms. The number of para-hydroxylation sites is 1. The van der Waals surface area contributed by atoms with Crippen LogP contribution < -0.4 is 4.74 Å². The second kappa shape index (κ2) is 4.83. The van der Waals surface area contributed by atoms with Crippen LogP contribution in [0.4, 0.5) is 5.69 Å². The molecule has 0 saturated heterocycles. The van der Waals surface area contributed by atoms with Crippen molar-refractivity contribution in [2.45, 2.75) is 6.92 Å². The standard InChI is InChI=1S/C15H15NO/c1-11-12(8-6-10-15(11)17-3)13-7-4-5-9-14(13)16-2/h4-10H,2H2,1,3H3. The van der Waals surface area contributed by atoms with Crippen LogP contribution >= 0.6 is 0 Å². The van der Waals surface area contributed by atoms with Crippen LogP contribution in [0.5, 0.6) is 5.75 Å². The summed E-state index contributed by atoms with van der Waals surface area (Å²) in [5.41, 5.74) is 4.22. The molecule has 2 nitrogen and oxygen atoms in total. The number of methoxy groups -OCH3 is 1. The first-order chi connectivity index (χ1) is 8.27. The molecular weight excluding hydrogens is 210 g/mol. The lowest BCUT2D eigenvalue weighted by molar-refractivity contribution is 0.412. The van der Waals surface area contributed by atoms with Gasteiger partial charge in [-0.1, -0.05) is 30.3 Å². The van der Waals surface area contributed by atoms with Gasteiger partial charge in [-0.2, -0.15) is 0 Å². The van der Waals surface area contributed by atoms with E-state index in [0.29, 0.717) is 0 Å². The number of aliphatic imine (C=N–C) groups is 1. The maximum Gasteiger partial charge on any atom is 0.122 e. The normalized spacial score (nSPS) is 10.0. The molecule has 0 saturated carbocycles. The first-order valence-electron chi connectivity index (χ1n) is 5.47. The van der Waals surface area contributed by atoms with Gasteiger partial charge in [-0.05, 0) is 36.9 Å². The Morgan fingerprint density at radius 1 is 1.00 bits per heavy atom. The Morgan fingerprint density at radius 2 is 1.71 bits per heavy atom. The van der Waals surface area contributed by atoms with Crippen molar-refractivity contribution in [3.05, 3.63) is 48.0 Å². The number of nitrogens with zero attached hydrogens (tertiary/aromatic N) is 1. The van der Waals surface area contributed by atoms with Crippen molar-refractivity contribution in [1.29, 1.82) is 0 Å². The minimum Gasteiger partial charge on any atom is -0.496 e. The minimum absolute atomic E-state index is 0.890. The Labute approximate surface area is 102 Å². The predicted octanol–water partition coefficient (Wildman–Crippen LogP) is 4.00. The lowest BCUT2D eigenvalue weighted by Crippen LogP contribution is -1.90. The molecule has 0 amide bonds. The fourth-order valence-corrected chi connectivity index (χ4v) is 1.97. The molecule has 0 bridgehead atoms. The van der Waals surface area contributed by atoms with Crippen LogP contribution in [0.2, 0.25) is 0 Å². The van der Waals surface area contributed by atoms with Crippen LogP contribution in [0, 0.1) is 6.92 Å². The monoisotopic (exact) mass is 225 g/mol.